The molecule has 13 nitrogen and oxygen atoms in total. The smallest absolute Gasteiger partial charge is 0.280 e. The van der Waals surface area contributed by atoms with Crippen LogP contribution in [0.1, 0.15) is 78.3 Å². The zero-order valence-corrected chi connectivity index (χ0v) is 37.0. The Morgan fingerprint density at radius 2 is 1.42 bits per heavy atom. The van der Waals surface area contributed by atoms with Crippen LogP contribution >= 0.6 is 0 Å². The van der Waals surface area contributed by atoms with Gasteiger partial charge >= 0.3 is 0 Å². The maximum Gasteiger partial charge on any atom is 0.280 e. The van der Waals surface area contributed by atoms with E-state index in [0.29, 0.717) is 29.7 Å². The van der Waals surface area contributed by atoms with Gasteiger partial charge < -0.3 is 28.7 Å². The summed E-state index contributed by atoms with van der Waals surface area (Å²) < 4.78 is 35.1. The summed E-state index contributed by atoms with van der Waals surface area (Å²) in [6.07, 6.45) is 0.883. The first-order chi connectivity index (χ1) is 28.2. The molecule has 3 N–H and O–H groups in total. The molecule has 1 aliphatic heterocycles. The highest BCUT2D eigenvalue weighted by atomic mass is 28.4. The second-order valence-electron chi connectivity index (χ2n) is 16.7. The average Bonchev–Trinajstić information content (AvgIpc) is 3.66. The number of hydrogen-bond donors (Lipinski definition) is 3. The molecule has 1 aliphatic rings. The third-order valence-electron chi connectivity index (χ3n) is 11.7. The highest BCUT2D eigenvalue weighted by Crippen LogP contribution is 2.45. The van der Waals surface area contributed by atoms with Gasteiger partial charge in [-0.05, 0) is 57.6 Å². The number of aromatic amines is 1. The topological polar surface area (TPSA) is 151 Å². The fourth-order valence-electron chi connectivity index (χ4n) is 8.69. The van der Waals surface area contributed by atoms with Gasteiger partial charge in [0.15, 0.2) is 19.5 Å². The molecule has 0 saturated carbocycles. The molecule has 316 valence electrons. The number of aromatic nitrogens is 4. The number of anilines is 1. The van der Waals surface area contributed by atoms with Crippen molar-refractivity contribution in [2.24, 2.45) is 5.92 Å². The van der Waals surface area contributed by atoms with Gasteiger partial charge in [0, 0.05) is 19.0 Å². The van der Waals surface area contributed by atoms with E-state index in [0.717, 1.165) is 28.2 Å². The van der Waals surface area contributed by atoms with E-state index in [1.807, 2.05) is 66.7 Å². The molecule has 1 amide bonds. The van der Waals surface area contributed by atoms with Crippen LogP contribution in [0.4, 0.5) is 5.95 Å². The SMILES string of the molecule is COc1ccc(C(OC[C@]2(CO[Si](C(C)C)(C(C)C)C(C)C)CNC[C@H](n3cnc4c(=O)[nH]c(NC(=O)C(C)C)nc43)O2)(c2ccccc2)c2ccc(OC)cc2)cc1. The Hall–Kier alpha value is -4.86. The number of carbonyl (C=O) groups is 1. The van der Waals surface area contributed by atoms with Crippen molar-refractivity contribution in [3.8, 4) is 11.5 Å². The van der Waals surface area contributed by atoms with Crippen LogP contribution in [-0.4, -0.2) is 79.9 Å². The summed E-state index contributed by atoms with van der Waals surface area (Å²) >= 11 is 0. The first-order valence-electron chi connectivity index (χ1n) is 20.5. The fraction of sp³-hybridized carbons (Fsp3) is 0.467. The van der Waals surface area contributed by atoms with Crippen LogP contribution in [0.15, 0.2) is 90.0 Å². The molecule has 6 rings (SSSR count). The summed E-state index contributed by atoms with van der Waals surface area (Å²) in [4.78, 5) is 37.6. The summed E-state index contributed by atoms with van der Waals surface area (Å²) in [6, 6.07) is 26.1. The van der Waals surface area contributed by atoms with Crippen molar-refractivity contribution in [2.75, 3.05) is 45.8 Å². The molecule has 0 unspecified atom stereocenters. The van der Waals surface area contributed by atoms with Crippen molar-refractivity contribution in [3.05, 3.63) is 112 Å². The minimum atomic E-state index is -2.43. The predicted molar refractivity (Wildman–Crippen MR) is 233 cm³/mol. The van der Waals surface area contributed by atoms with Gasteiger partial charge in [-0.3, -0.25) is 24.5 Å². The van der Waals surface area contributed by atoms with Crippen molar-refractivity contribution >= 4 is 31.3 Å². The Balaban J connectivity index is 1.49. The Labute approximate surface area is 348 Å². The van der Waals surface area contributed by atoms with Crippen LogP contribution in [0.25, 0.3) is 11.2 Å². The molecule has 59 heavy (non-hydrogen) atoms. The minimum Gasteiger partial charge on any atom is -0.497 e. The molecule has 14 heteroatoms. The number of amides is 1. The Bertz CT molecular complexity index is 2150. The maximum absolute atomic E-state index is 13.2. The second-order valence-corrected chi connectivity index (χ2v) is 22.1. The average molecular weight is 825 g/mol. The molecule has 0 spiro atoms. The molecule has 1 fully saturated rings. The van der Waals surface area contributed by atoms with Crippen LogP contribution in [0.2, 0.25) is 16.6 Å². The maximum atomic E-state index is 13.2. The second kappa shape index (κ2) is 18.2. The quantitative estimate of drug-likeness (QED) is 0.0627. The van der Waals surface area contributed by atoms with Gasteiger partial charge in [0.1, 0.15) is 28.9 Å². The van der Waals surface area contributed by atoms with Crippen molar-refractivity contribution in [2.45, 2.75) is 89.4 Å². The Morgan fingerprint density at radius 1 is 0.864 bits per heavy atom. The standard InChI is InChI=1S/C45H60N6O7Si/c1-29(2)41(52)49-43-48-40-39(42(53)50-43)47-28-51(40)38-24-46-25-44(58-38,27-57-59(30(3)4,31(5)6)32(7)8)26-56-45(33-14-12-11-13-15-33,34-16-20-36(54-9)21-17-34)35-18-22-37(55-10)23-19-35/h11-23,28-32,38,46H,24-27H2,1-10H3,(H2,48,49,50,52,53)/t38-,44+/m1/s1. The van der Waals surface area contributed by atoms with Gasteiger partial charge in [0.2, 0.25) is 11.9 Å². The van der Waals surface area contributed by atoms with Gasteiger partial charge in [-0.1, -0.05) is 110 Å². The van der Waals surface area contributed by atoms with E-state index in [4.69, 9.17) is 23.4 Å². The lowest BCUT2D eigenvalue weighted by Gasteiger charge is -2.48. The number of nitrogens with zero attached hydrogens (tertiary/aromatic N) is 3. The number of benzene rings is 3. The van der Waals surface area contributed by atoms with E-state index in [2.05, 4.69) is 79.3 Å². The Kier molecular flexibility index (Phi) is 13.5. The highest BCUT2D eigenvalue weighted by Gasteiger charge is 2.50. The van der Waals surface area contributed by atoms with Gasteiger partial charge in [-0.25, -0.2) is 4.98 Å². The largest absolute Gasteiger partial charge is 0.497 e. The van der Waals surface area contributed by atoms with Crippen LogP contribution in [0.3, 0.4) is 0 Å². The van der Waals surface area contributed by atoms with E-state index >= 15 is 0 Å². The molecular formula is C45H60N6O7Si. The molecule has 5 aromatic rings. The third kappa shape index (κ3) is 8.73. The van der Waals surface area contributed by atoms with Crippen molar-refractivity contribution in [3.63, 3.8) is 0 Å². The first-order valence-corrected chi connectivity index (χ1v) is 22.6. The number of carbonyl (C=O) groups excluding carboxylic acids is 1. The number of methoxy groups -OCH3 is 2. The van der Waals surface area contributed by atoms with Gasteiger partial charge in [0.05, 0.1) is 33.8 Å². The molecule has 0 radical (unpaired) electrons. The fourth-order valence-corrected chi connectivity index (χ4v) is 14.2. The summed E-state index contributed by atoms with van der Waals surface area (Å²) in [5, 5.41) is 6.35. The number of fused-ring (bicyclic) bond motifs is 1. The van der Waals surface area contributed by atoms with Crippen molar-refractivity contribution < 1.29 is 28.2 Å². The minimum absolute atomic E-state index is 0.0397. The number of rotatable bonds is 17. The van der Waals surface area contributed by atoms with Crippen LogP contribution in [0, 0.1) is 5.92 Å². The molecular weight excluding hydrogens is 765 g/mol. The highest BCUT2D eigenvalue weighted by molar-refractivity contribution is 6.77. The molecule has 2 aromatic heterocycles. The first kappa shape index (κ1) is 43.7. The predicted octanol–water partition coefficient (Wildman–Crippen LogP) is 7.79. The molecule has 1 saturated heterocycles. The van der Waals surface area contributed by atoms with E-state index in [-0.39, 0.29) is 42.2 Å². The summed E-state index contributed by atoms with van der Waals surface area (Å²) in [7, 11) is 0.878. The normalized spacial score (nSPS) is 17.6. The lowest BCUT2D eigenvalue weighted by Crippen LogP contribution is -2.61. The summed E-state index contributed by atoms with van der Waals surface area (Å²) in [5.41, 5.74) is 1.44. The van der Waals surface area contributed by atoms with Crippen LogP contribution in [0.5, 0.6) is 11.5 Å². The molecule has 0 aliphatic carbocycles. The molecule has 3 aromatic carbocycles. The van der Waals surface area contributed by atoms with Gasteiger partial charge in [-0.15, -0.1) is 0 Å². The van der Waals surface area contributed by atoms with Gasteiger partial charge in [-0.2, -0.15) is 4.98 Å². The zero-order chi connectivity index (χ0) is 42.5. The summed E-state index contributed by atoms with van der Waals surface area (Å²) in [6.45, 7) is 18.3. The number of imidazole rings is 1. The lowest BCUT2D eigenvalue weighted by molar-refractivity contribution is -0.201. The van der Waals surface area contributed by atoms with Crippen LogP contribution in [-0.2, 0) is 24.3 Å². The number of morpholine rings is 1. The van der Waals surface area contributed by atoms with Crippen molar-refractivity contribution in [1.29, 1.82) is 0 Å². The van der Waals surface area contributed by atoms with E-state index in [9.17, 15) is 9.59 Å². The molecule has 0 bridgehead atoms. The van der Waals surface area contributed by atoms with Crippen molar-refractivity contribution in [1.82, 2.24) is 24.8 Å². The van der Waals surface area contributed by atoms with Crippen LogP contribution < -0.4 is 25.7 Å². The third-order valence-corrected chi connectivity index (χ3v) is 17.7. The monoisotopic (exact) mass is 824 g/mol. The zero-order valence-electron chi connectivity index (χ0n) is 36.0. The summed E-state index contributed by atoms with van der Waals surface area (Å²) in [5.74, 6) is 0.901. The number of ether oxygens (including phenoxy) is 4. The number of H-pyrrole nitrogens is 1. The van der Waals surface area contributed by atoms with Gasteiger partial charge in [0.25, 0.3) is 5.56 Å². The number of hydrogen-bond acceptors (Lipinski definition) is 10. The van der Waals surface area contributed by atoms with E-state index in [1.165, 1.54) is 0 Å². The Morgan fingerprint density at radius 3 is 1.95 bits per heavy atom. The molecule has 3 heterocycles. The number of nitrogens with one attached hydrogen (secondary N) is 3. The lowest BCUT2D eigenvalue weighted by atomic mass is 9.79. The van der Waals surface area contributed by atoms with E-state index in [1.54, 1.807) is 39.0 Å². The van der Waals surface area contributed by atoms with E-state index < -0.39 is 31.3 Å². The molecule has 2 atom stereocenters.